The number of hydrogen-bond donors (Lipinski definition) is 2. The third-order valence-corrected chi connectivity index (χ3v) is 6.21. The highest BCUT2D eigenvalue weighted by Crippen LogP contribution is 2.17. The van der Waals surface area contributed by atoms with Crippen molar-refractivity contribution in [3.63, 3.8) is 0 Å². The summed E-state index contributed by atoms with van der Waals surface area (Å²) in [5, 5.41) is 6.82. The summed E-state index contributed by atoms with van der Waals surface area (Å²) in [6, 6.07) is 12.6. The van der Waals surface area contributed by atoms with Gasteiger partial charge in [0.1, 0.15) is 0 Å². The Morgan fingerprint density at radius 1 is 1.21 bits per heavy atom. The van der Waals surface area contributed by atoms with Crippen molar-refractivity contribution in [2.45, 2.75) is 52.1 Å². The van der Waals surface area contributed by atoms with E-state index in [1.165, 1.54) is 16.2 Å². The molecular formula is C23H32N4OS. The first-order valence-corrected chi connectivity index (χ1v) is 11.3. The minimum Gasteiger partial charge on any atom is -0.354 e. The third kappa shape index (κ3) is 6.32. The van der Waals surface area contributed by atoms with E-state index in [1.54, 1.807) is 7.05 Å². The number of nitrogens with zero attached hydrogens (tertiary/aromatic N) is 2. The molecule has 6 heteroatoms. The quantitative estimate of drug-likeness (QED) is 0.557. The first-order valence-electron chi connectivity index (χ1n) is 10.5. The number of carbonyl (C=O) groups excluding carboxylic acids is 1. The molecule has 1 aliphatic heterocycles. The summed E-state index contributed by atoms with van der Waals surface area (Å²) in [5.41, 5.74) is 1.85. The Hall–Kier alpha value is -2.34. The van der Waals surface area contributed by atoms with Gasteiger partial charge in [-0.25, -0.2) is 0 Å². The number of hydrogen-bond acceptors (Lipinski definition) is 3. The Kier molecular flexibility index (Phi) is 7.69. The van der Waals surface area contributed by atoms with Crippen LogP contribution in [0.5, 0.6) is 0 Å². The van der Waals surface area contributed by atoms with Crippen molar-refractivity contribution >= 4 is 23.2 Å². The van der Waals surface area contributed by atoms with Gasteiger partial charge in [-0.1, -0.05) is 12.1 Å². The largest absolute Gasteiger partial charge is 0.354 e. The molecule has 1 amide bonds. The molecule has 2 N–H and O–H groups in total. The lowest BCUT2D eigenvalue weighted by Crippen LogP contribution is -2.42. The summed E-state index contributed by atoms with van der Waals surface area (Å²) in [6.07, 6.45) is 4.42. The van der Waals surface area contributed by atoms with Gasteiger partial charge in [-0.2, -0.15) is 0 Å². The molecule has 0 radical (unpaired) electrons. The first-order chi connectivity index (χ1) is 14.0. The predicted octanol–water partition coefficient (Wildman–Crippen LogP) is 3.98. The van der Waals surface area contributed by atoms with Crippen LogP contribution in [0.25, 0.3) is 0 Å². The van der Waals surface area contributed by atoms with Crippen LogP contribution < -0.4 is 10.6 Å². The third-order valence-electron chi connectivity index (χ3n) is 5.19. The molecule has 1 aliphatic rings. The zero-order valence-corrected chi connectivity index (χ0v) is 18.5. The van der Waals surface area contributed by atoms with Crippen LogP contribution in [-0.4, -0.2) is 42.9 Å². The average molecular weight is 413 g/mol. The van der Waals surface area contributed by atoms with Gasteiger partial charge in [0.05, 0.1) is 0 Å². The lowest BCUT2D eigenvalue weighted by molar-refractivity contribution is 0.0724. The van der Waals surface area contributed by atoms with Crippen molar-refractivity contribution in [3.8, 4) is 0 Å². The topological polar surface area (TPSA) is 56.7 Å². The first kappa shape index (κ1) is 21.4. The van der Waals surface area contributed by atoms with Gasteiger partial charge >= 0.3 is 0 Å². The molecule has 1 aromatic carbocycles. The molecule has 2 heterocycles. The molecule has 1 fully saturated rings. The maximum atomic E-state index is 12.7. The normalized spacial score (nSPS) is 15.8. The monoisotopic (exact) mass is 412 g/mol. The maximum absolute atomic E-state index is 12.7. The predicted molar refractivity (Wildman–Crippen MR) is 122 cm³/mol. The fraction of sp³-hybridized carbons (Fsp3) is 0.478. The van der Waals surface area contributed by atoms with Crippen LogP contribution in [0.1, 0.15) is 51.9 Å². The van der Waals surface area contributed by atoms with Crippen LogP contribution in [0, 0.1) is 6.92 Å². The van der Waals surface area contributed by atoms with Gasteiger partial charge in [0.15, 0.2) is 5.96 Å². The van der Waals surface area contributed by atoms with Gasteiger partial charge in [0.2, 0.25) is 0 Å². The van der Waals surface area contributed by atoms with Gasteiger partial charge in [0, 0.05) is 54.5 Å². The Balaban J connectivity index is 1.53. The van der Waals surface area contributed by atoms with Crippen molar-refractivity contribution in [1.82, 2.24) is 15.5 Å². The number of aryl methyl sites for hydroxylation is 1. The number of likely N-dealkylation sites (tertiary alicyclic amines) is 1. The van der Waals surface area contributed by atoms with E-state index in [2.05, 4.69) is 41.6 Å². The fourth-order valence-electron chi connectivity index (χ4n) is 3.66. The lowest BCUT2D eigenvalue weighted by atomic mass is 10.1. The molecule has 0 saturated carbocycles. The number of rotatable bonds is 6. The van der Waals surface area contributed by atoms with Crippen molar-refractivity contribution < 1.29 is 4.79 Å². The molecule has 5 nitrogen and oxygen atoms in total. The average Bonchev–Trinajstić information content (AvgIpc) is 3.15. The van der Waals surface area contributed by atoms with Gasteiger partial charge < -0.3 is 15.5 Å². The SMILES string of the molecule is CN=C(NCc1cccc(C(=O)N2CCCCC2)c1)NC(C)Cc1ccc(C)s1. The second kappa shape index (κ2) is 10.4. The highest BCUT2D eigenvalue weighted by Gasteiger charge is 2.18. The van der Waals surface area contributed by atoms with Crippen molar-refractivity contribution in [1.29, 1.82) is 0 Å². The van der Waals surface area contributed by atoms with Gasteiger partial charge in [0.25, 0.3) is 5.91 Å². The minimum absolute atomic E-state index is 0.147. The van der Waals surface area contributed by atoms with E-state index in [-0.39, 0.29) is 11.9 Å². The molecule has 1 unspecified atom stereocenters. The molecule has 3 rings (SSSR count). The standard InChI is InChI=1S/C23H32N4OS/c1-17(14-21-11-10-18(2)29-21)26-23(24-3)25-16-19-8-7-9-20(15-19)22(28)27-12-5-4-6-13-27/h7-11,15,17H,4-6,12-14,16H2,1-3H3,(H2,24,25,26). The Labute approximate surface area is 178 Å². The molecule has 1 atom stereocenters. The van der Waals surface area contributed by atoms with E-state index in [9.17, 15) is 4.79 Å². The number of amides is 1. The lowest BCUT2D eigenvalue weighted by Gasteiger charge is -2.26. The minimum atomic E-state index is 0.147. The van der Waals surface area contributed by atoms with E-state index in [1.807, 2.05) is 40.5 Å². The van der Waals surface area contributed by atoms with E-state index in [0.29, 0.717) is 6.54 Å². The number of nitrogens with one attached hydrogen (secondary N) is 2. The van der Waals surface area contributed by atoms with Crippen molar-refractivity contribution in [2.75, 3.05) is 20.1 Å². The number of aliphatic imine (C=N–C) groups is 1. The fourth-order valence-corrected chi connectivity index (χ4v) is 4.67. The number of thiophene rings is 1. The molecule has 2 aromatic rings. The van der Waals surface area contributed by atoms with Gasteiger partial charge in [-0.15, -0.1) is 11.3 Å². The van der Waals surface area contributed by atoms with E-state index in [0.717, 1.165) is 49.4 Å². The molecule has 29 heavy (non-hydrogen) atoms. The molecule has 0 spiro atoms. The van der Waals surface area contributed by atoms with Crippen LogP contribution in [-0.2, 0) is 13.0 Å². The molecule has 0 aliphatic carbocycles. The number of guanidine groups is 1. The summed E-state index contributed by atoms with van der Waals surface area (Å²) in [6.45, 7) is 6.68. The molecule has 1 aromatic heterocycles. The van der Waals surface area contributed by atoms with E-state index >= 15 is 0 Å². The van der Waals surface area contributed by atoms with Crippen LogP contribution in [0.3, 0.4) is 0 Å². The smallest absolute Gasteiger partial charge is 0.253 e. The Bertz CT molecular complexity index is 839. The molecule has 0 bridgehead atoms. The zero-order chi connectivity index (χ0) is 20.6. The van der Waals surface area contributed by atoms with E-state index in [4.69, 9.17) is 0 Å². The molecule has 156 valence electrons. The number of benzene rings is 1. The molecule has 1 saturated heterocycles. The summed E-state index contributed by atoms with van der Waals surface area (Å²) in [4.78, 5) is 21.8. The maximum Gasteiger partial charge on any atom is 0.253 e. The highest BCUT2D eigenvalue weighted by atomic mass is 32.1. The van der Waals surface area contributed by atoms with Crippen LogP contribution in [0.4, 0.5) is 0 Å². The summed E-state index contributed by atoms with van der Waals surface area (Å²) < 4.78 is 0. The zero-order valence-electron chi connectivity index (χ0n) is 17.7. The summed E-state index contributed by atoms with van der Waals surface area (Å²) >= 11 is 1.84. The summed E-state index contributed by atoms with van der Waals surface area (Å²) in [7, 11) is 1.79. The van der Waals surface area contributed by atoms with Crippen LogP contribution in [0.2, 0.25) is 0 Å². The van der Waals surface area contributed by atoms with Gasteiger partial charge in [-0.05, 0) is 62.9 Å². The Morgan fingerprint density at radius 2 is 2.00 bits per heavy atom. The van der Waals surface area contributed by atoms with Crippen LogP contribution >= 0.6 is 11.3 Å². The Morgan fingerprint density at radius 3 is 2.69 bits per heavy atom. The number of piperidine rings is 1. The van der Waals surface area contributed by atoms with Crippen LogP contribution in [0.15, 0.2) is 41.4 Å². The van der Waals surface area contributed by atoms with Gasteiger partial charge in [-0.3, -0.25) is 9.79 Å². The van der Waals surface area contributed by atoms with Crippen molar-refractivity contribution in [3.05, 3.63) is 57.3 Å². The molecular weight excluding hydrogens is 380 g/mol. The second-order valence-electron chi connectivity index (χ2n) is 7.74. The van der Waals surface area contributed by atoms with Crippen molar-refractivity contribution in [2.24, 2.45) is 4.99 Å². The number of carbonyl (C=O) groups is 1. The second-order valence-corrected chi connectivity index (χ2v) is 9.11. The summed E-state index contributed by atoms with van der Waals surface area (Å²) in [5.74, 6) is 0.924. The van der Waals surface area contributed by atoms with E-state index < -0.39 is 0 Å². The highest BCUT2D eigenvalue weighted by molar-refractivity contribution is 7.11.